The number of fused-ring (bicyclic) bond motifs is 1. The summed E-state index contributed by atoms with van der Waals surface area (Å²) in [5.74, 6) is 0. The van der Waals surface area contributed by atoms with Crippen LogP contribution in [-0.4, -0.2) is 4.57 Å². The SMILES string of the molecule is CCn1cc(C(C)[P+](c2ccccc2)(c2ccccc2)c2ccccc2)c2ccc(C#N)cc21.[Br-]. The summed E-state index contributed by atoms with van der Waals surface area (Å²) in [5.41, 5.74) is 3.42. The lowest BCUT2D eigenvalue weighted by Gasteiger charge is -2.33. The molecule has 0 saturated heterocycles. The third kappa shape index (κ3) is 4.23. The summed E-state index contributed by atoms with van der Waals surface area (Å²) in [5, 5.41) is 14.9. The lowest BCUT2D eigenvalue weighted by Crippen LogP contribution is -3.00. The molecule has 4 aromatic carbocycles. The standard InChI is InChI=1S/C31H28N2P.BrH/c1-3-33-23-30(29-20-19-25(22-32)21-31(29)33)24(2)34(26-13-7-4-8-14-26,27-15-9-5-10-16-27)28-17-11-6-12-18-28;/h4-21,23-24H,3H2,1-2H3;1H/q+1;/p-1. The molecule has 0 fully saturated rings. The van der Waals surface area contributed by atoms with Crippen molar-refractivity contribution in [3.05, 3.63) is 127 Å². The minimum Gasteiger partial charge on any atom is -1.00 e. The minimum absolute atomic E-state index is 0. The highest BCUT2D eigenvalue weighted by atomic mass is 79.9. The van der Waals surface area contributed by atoms with E-state index in [1.807, 2.05) is 12.1 Å². The number of hydrogen-bond acceptors (Lipinski definition) is 1. The summed E-state index contributed by atoms with van der Waals surface area (Å²) < 4.78 is 2.29. The molecule has 1 heterocycles. The van der Waals surface area contributed by atoms with E-state index in [9.17, 15) is 5.26 Å². The Morgan fingerprint density at radius 3 is 1.69 bits per heavy atom. The highest BCUT2D eigenvalue weighted by Gasteiger charge is 2.51. The Balaban J connectivity index is 0.00000289. The van der Waals surface area contributed by atoms with Crippen LogP contribution in [0.2, 0.25) is 0 Å². The van der Waals surface area contributed by atoms with Crippen molar-refractivity contribution in [1.29, 1.82) is 5.26 Å². The molecule has 5 rings (SSSR count). The lowest BCUT2D eigenvalue weighted by molar-refractivity contribution is -0.00000688. The topological polar surface area (TPSA) is 28.7 Å². The highest BCUT2D eigenvalue weighted by Crippen LogP contribution is 2.67. The predicted octanol–water partition coefficient (Wildman–Crippen LogP) is 3.59. The molecule has 0 bridgehead atoms. The van der Waals surface area contributed by atoms with Gasteiger partial charge < -0.3 is 21.5 Å². The number of benzene rings is 4. The molecule has 4 heteroatoms. The monoisotopic (exact) mass is 538 g/mol. The van der Waals surface area contributed by atoms with Crippen LogP contribution < -0.4 is 32.9 Å². The van der Waals surface area contributed by atoms with Crippen molar-refractivity contribution in [2.45, 2.75) is 26.1 Å². The summed E-state index contributed by atoms with van der Waals surface area (Å²) in [6.45, 7) is 5.43. The van der Waals surface area contributed by atoms with Crippen LogP contribution in [-0.2, 0) is 6.54 Å². The summed E-state index contributed by atoms with van der Waals surface area (Å²) in [7, 11) is -2.06. The van der Waals surface area contributed by atoms with Crippen LogP contribution in [0.5, 0.6) is 0 Å². The zero-order chi connectivity index (χ0) is 23.5. The lowest BCUT2D eigenvalue weighted by atomic mass is 10.1. The second-order valence-corrected chi connectivity index (χ2v) is 12.4. The molecule has 1 atom stereocenters. The van der Waals surface area contributed by atoms with Gasteiger partial charge in [0, 0.05) is 29.2 Å². The molecule has 0 spiro atoms. The predicted molar refractivity (Wildman–Crippen MR) is 146 cm³/mol. The minimum atomic E-state index is -2.06. The van der Waals surface area contributed by atoms with Crippen molar-refractivity contribution < 1.29 is 17.0 Å². The molecule has 0 radical (unpaired) electrons. The second kappa shape index (κ2) is 10.6. The van der Waals surface area contributed by atoms with Crippen molar-refractivity contribution >= 4 is 34.1 Å². The summed E-state index contributed by atoms with van der Waals surface area (Å²) >= 11 is 0. The quantitative estimate of drug-likeness (QED) is 0.304. The van der Waals surface area contributed by atoms with Gasteiger partial charge in [-0.2, -0.15) is 5.26 Å². The van der Waals surface area contributed by atoms with E-state index in [1.165, 1.54) is 26.9 Å². The molecule has 0 saturated carbocycles. The van der Waals surface area contributed by atoms with Gasteiger partial charge in [-0.1, -0.05) is 60.7 Å². The van der Waals surface area contributed by atoms with Crippen LogP contribution in [0.3, 0.4) is 0 Å². The van der Waals surface area contributed by atoms with Gasteiger partial charge in [-0.05, 0) is 62.4 Å². The fourth-order valence-corrected chi connectivity index (χ4v) is 10.1. The van der Waals surface area contributed by atoms with Crippen molar-refractivity contribution in [2.75, 3.05) is 0 Å². The Kier molecular flexibility index (Phi) is 7.56. The van der Waals surface area contributed by atoms with Crippen LogP contribution in [0.4, 0.5) is 0 Å². The summed E-state index contributed by atoms with van der Waals surface area (Å²) in [4.78, 5) is 0. The van der Waals surface area contributed by atoms with Gasteiger partial charge in [0.1, 0.15) is 28.8 Å². The second-order valence-electron chi connectivity index (χ2n) is 8.62. The van der Waals surface area contributed by atoms with Gasteiger partial charge >= 0.3 is 0 Å². The third-order valence-corrected chi connectivity index (χ3v) is 11.7. The first-order chi connectivity index (χ1) is 16.7. The first kappa shape index (κ1) is 24.9. The maximum absolute atomic E-state index is 9.50. The maximum Gasteiger partial charge on any atom is 0.119 e. The Bertz CT molecular complexity index is 1360. The number of halogens is 1. The van der Waals surface area contributed by atoms with Crippen LogP contribution in [0.15, 0.2) is 115 Å². The average Bonchev–Trinajstić information content (AvgIpc) is 3.29. The molecule has 5 aromatic rings. The van der Waals surface area contributed by atoms with Gasteiger partial charge in [-0.15, -0.1) is 0 Å². The van der Waals surface area contributed by atoms with Gasteiger partial charge in [0.15, 0.2) is 0 Å². The van der Waals surface area contributed by atoms with Gasteiger partial charge in [-0.25, -0.2) is 0 Å². The van der Waals surface area contributed by atoms with E-state index in [1.54, 1.807) is 0 Å². The van der Waals surface area contributed by atoms with E-state index >= 15 is 0 Å². The summed E-state index contributed by atoms with van der Waals surface area (Å²) in [6, 6.07) is 41.5. The molecule has 0 aliphatic carbocycles. The molecule has 0 N–H and O–H groups in total. The van der Waals surface area contributed by atoms with Crippen molar-refractivity contribution in [1.82, 2.24) is 4.57 Å². The first-order valence-electron chi connectivity index (χ1n) is 11.8. The maximum atomic E-state index is 9.50. The van der Waals surface area contributed by atoms with Crippen LogP contribution in [0.1, 0.15) is 30.6 Å². The van der Waals surface area contributed by atoms with Crippen molar-refractivity contribution in [3.8, 4) is 6.07 Å². The number of nitrogens with zero attached hydrogens (tertiary/aromatic N) is 2. The zero-order valence-corrected chi connectivity index (χ0v) is 22.5. The van der Waals surface area contributed by atoms with E-state index in [4.69, 9.17) is 0 Å². The number of aryl methyl sites for hydroxylation is 1. The van der Waals surface area contributed by atoms with Crippen molar-refractivity contribution in [3.63, 3.8) is 0 Å². The third-order valence-electron chi connectivity index (χ3n) is 6.90. The van der Waals surface area contributed by atoms with E-state index in [0.29, 0.717) is 5.56 Å². The highest BCUT2D eigenvalue weighted by molar-refractivity contribution is 7.96. The molecule has 0 aliphatic rings. The number of nitriles is 1. The number of hydrogen-bond donors (Lipinski definition) is 0. The van der Waals surface area contributed by atoms with E-state index in [-0.39, 0.29) is 22.6 Å². The van der Waals surface area contributed by atoms with Gasteiger partial charge in [0.25, 0.3) is 0 Å². The number of aromatic nitrogens is 1. The van der Waals surface area contributed by atoms with Gasteiger partial charge in [0.2, 0.25) is 0 Å². The molecular weight excluding hydrogens is 511 g/mol. The van der Waals surface area contributed by atoms with E-state index < -0.39 is 7.26 Å². The molecule has 1 aromatic heterocycles. The molecule has 174 valence electrons. The van der Waals surface area contributed by atoms with Crippen LogP contribution in [0, 0.1) is 11.3 Å². The Hall–Kier alpha value is -3.18. The molecule has 1 unspecified atom stereocenters. The fourth-order valence-electron chi connectivity index (χ4n) is 5.30. The molecule has 0 amide bonds. The summed E-state index contributed by atoms with van der Waals surface area (Å²) in [6.07, 6.45) is 2.32. The van der Waals surface area contributed by atoms with Crippen LogP contribution >= 0.6 is 7.26 Å². The first-order valence-corrected chi connectivity index (χ1v) is 13.6. The molecule has 35 heavy (non-hydrogen) atoms. The van der Waals surface area contributed by atoms with Crippen molar-refractivity contribution in [2.24, 2.45) is 0 Å². The van der Waals surface area contributed by atoms with E-state index in [0.717, 1.165) is 12.1 Å². The zero-order valence-electron chi connectivity index (χ0n) is 20.0. The molecule has 2 nitrogen and oxygen atoms in total. The Morgan fingerprint density at radius 1 is 0.771 bits per heavy atom. The number of rotatable bonds is 6. The molecule has 0 aliphatic heterocycles. The largest absolute Gasteiger partial charge is 1.00 e. The normalized spacial score (nSPS) is 12.0. The smallest absolute Gasteiger partial charge is 0.119 e. The fraction of sp³-hybridized carbons (Fsp3) is 0.129. The average molecular weight is 539 g/mol. The van der Waals surface area contributed by atoms with Gasteiger partial charge in [-0.3, -0.25) is 0 Å². The van der Waals surface area contributed by atoms with Crippen LogP contribution in [0.25, 0.3) is 10.9 Å². The Morgan fingerprint density at radius 2 is 1.26 bits per heavy atom. The van der Waals surface area contributed by atoms with Gasteiger partial charge in [0.05, 0.1) is 11.6 Å². The van der Waals surface area contributed by atoms with E-state index in [2.05, 4.69) is 128 Å². The Labute approximate surface area is 219 Å². The molecular formula is C31H28BrN2P.